The van der Waals surface area contributed by atoms with E-state index < -0.39 is 0 Å². The molecule has 1 N–H and O–H groups in total. The molecule has 0 amide bonds. The molecule has 0 spiro atoms. The van der Waals surface area contributed by atoms with Crippen LogP contribution in [0, 0.1) is 0 Å². The van der Waals surface area contributed by atoms with E-state index >= 15 is 0 Å². The van der Waals surface area contributed by atoms with Gasteiger partial charge < -0.3 is 14.6 Å². The number of aromatic hydroxyl groups is 1. The van der Waals surface area contributed by atoms with E-state index in [4.69, 9.17) is 9.47 Å². The highest BCUT2D eigenvalue weighted by Gasteiger charge is 2.14. The van der Waals surface area contributed by atoms with Crippen LogP contribution in [-0.2, 0) is 0 Å². The molecule has 3 aromatic heterocycles. The molecular weight excluding hydrogens is 414 g/mol. The van der Waals surface area contributed by atoms with Gasteiger partial charge in [0.25, 0.3) is 0 Å². The molecule has 0 atom stereocenters. The van der Waals surface area contributed by atoms with Crippen LogP contribution in [-0.4, -0.2) is 26.8 Å². The van der Waals surface area contributed by atoms with Crippen molar-refractivity contribution >= 4 is 32.7 Å². The number of phenols is 1. The lowest BCUT2D eigenvalue weighted by Crippen LogP contribution is -1.97. The summed E-state index contributed by atoms with van der Waals surface area (Å²) in [5, 5.41) is 13.2. The summed E-state index contributed by atoms with van der Waals surface area (Å²) >= 11 is 0. The third-order valence-corrected chi connectivity index (χ3v) is 5.73. The van der Waals surface area contributed by atoms with Crippen molar-refractivity contribution in [2.45, 2.75) is 0 Å². The zero-order chi connectivity index (χ0) is 22.4. The van der Waals surface area contributed by atoms with Crippen LogP contribution in [0.4, 0.5) is 0 Å². The number of hydrogen-bond donors (Lipinski definition) is 1. The van der Waals surface area contributed by atoms with Crippen LogP contribution in [0.2, 0.25) is 0 Å². The number of nitrogens with zero attached hydrogens (tertiary/aromatic N) is 3. The molecule has 0 radical (unpaired) electrons. The van der Waals surface area contributed by atoms with E-state index in [0.717, 1.165) is 33.0 Å². The average molecular weight is 433 g/mol. The molecular formula is C27H19N3O3. The maximum Gasteiger partial charge on any atom is 0.219 e. The zero-order valence-electron chi connectivity index (χ0n) is 17.8. The first-order valence-corrected chi connectivity index (χ1v) is 10.5. The van der Waals surface area contributed by atoms with Crippen molar-refractivity contribution in [1.82, 2.24) is 14.5 Å². The Morgan fingerprint density at radius 1 is 0.788 bits per heavy atom. The van der Waals surface area contributed by atoms with Gasteiger partial charge in [0.2, 0.25) is 5.88 Å². The SMILES string of the molecule is COc1ccc(-n2c3ccccc3c3ccc(Oc4ccc5cccc(O)c5n4)cc32)nc1. The number of methoxy groups -OCH3 is 1. The van der Waals surface area contributed by atoms with E-state index in [9.17, 15) is 5.11 Å². The summed E-state index contributed by atoms with van der Waals surface area (Å²) in [6.45, 7) is 0. The van der Waals surface area contributed by atoms with E-state index in [2.05, 4.69) is 26.7 Å². The minimum absolute atomic E-state index is 0.124. The fourth-order valence-electron chi connectivity index (χ4n) is 4.18. The Kier molecular flexibility index (Phi) is 4.36. The largest absolute Gasteiger partial charge is 0.506 e. The standard InChI is InChI=1S/C27H19N3O3/c1-32-19-11-13-25(28-16-19)30-22-7-3-2-6-20(22)21-12-10-18(15-23(21)30)33-26-14-9-17-5-4-8-24(31)27(17)29-26/h2-16,31H,1H3. The van der Waals surface area contributed by atoms with Gasteiger partial charge >= 0.3 is 0 Å². The maximum absolute atomic E-state index is 10.1. The molecule has 0 bridgehead atoms. The Hall–Kier alpha value is -4.58. The average Bonchev–Trinajstić information content (AvgIpc) is 3.18. The van der Waals surface area contributed by atoms with Crippen molar-refractivity contribution in [2.75, 3.05) is 7.11 Å². The monoisotopic (exact) mass is 433 g/mol. The number of aromatic nitrogens is 3. The van der Waals surface area contributed by atoms with Crippen LogP contribution in [0.3, 0.4) is 0 Å². The summed E-state index contributed by atoms with van der Waals surface area (Å²) < 4.78 is 13.5. The first kappa shape index (κ1) is 19.1. The van der Waals surface area contributed by atoms with Gasteiger partial charge in [0.05, 0.1) is 24.3 Å². The molecule has 0 aliphatic rings. The Balaban J connectivity index is 1.50. The lowest BCUT2D eigenvalue weighted by molar-refractivity contribution is 0.413. The van der Waals surface area contributed by atoms with Gasteiger partial charge in [0, 0.05) is 28.3 Å². The number of pyridine rings is 2. The van der Waals surface area contributed by atoms with Gasteiger partial charge in [-0.3, -0.25) is 4.57 Å². The summed E-state index contributed by atoms with van der Waals surface area (Å²) in [6, 6.07) is 27.0. The predicted octanol–water partition coefficient (Wildman–Crippen LogP) is 6.23. The van der Waals surface area contributed by atoms with Gasteiger partial charge in [-0.05, 0) is 42.5 Å². The topological polar surface area (TPSA) is 69.4 Å². The number of para-hydroxylation sites is 2. The third-order valence-electron chi connectivity index (χ3n) is 5.73. The predicted molar refractivity (Wildman–Crippen MR) is 129 cm³/mol. The molecule has 3 aromatic carbocycles. The van der Waals surface area contributed by atoms with Crippen LogP contribution in [0.1, 0.15) is 0 Å². The van der Waals surface area contributed by atoms with Crippen LogP contribution in [0.25, 0.3) is 38.5 Å². The van der Waals surface area contributed by atoms with E-state index in [1.807, 2.05) is 54.6 Å². The molecule has 0 saturated heterocycles. The van der Waals surface area contributed by atoms with Crippen LogP contribution in [0.5, 0.6) is 23.1 Å². The number of phenolic OH excluding ortho intramolecular Hbond substituents is 1. The minimum Gasteiger partial charge on any atom is -0.506 e. The smallest absolute Gasteiger partial charge is 0.219 e. The van der Waals surface area contributed by atoms with Gasteiger partial charge in [-0.1, -0.05) is 30.3 Å². The normalized spacial score (nSPS) is 11.3. The van der Waals surface area contributed by atoms with E-state index in [0.29, 0.717) is 22.9 Å². The Morgan fingerprint density at radius 2 is 1.64 bits per heavy atom. The summed E-state index contributed by atoms with van der Waals surface area (Å²) in [6.07, 6.45) is 1.71. The molecule has 33 heavy (non-hydrogen) atoms. The molecule has 3 heterocycles. The van der Waals surface area contributed by atoms with E-state index in [1.54, 1.807) is 31.5 Å². The minimum atomic E-state index is 0.124. The Morgan fingerprint density at radius 3 is 2.48 bits per heavy atom. The number of ether oxygens (including phenoxy) is 2. The molecule has 6 nitrogen and oxygen atoms in total. The van der Waals surface area contributed by atoms with Gasteiger partial charge in [-0.2, -0.15) is 0 Å². The van der Waals surface area contributed by atoms with Crippen molar-refractivity contribution < 1.29 is 14.6 Å². The summed E-state index contributed by atoms with van der Waals surface area (Å²) in [5.74, 6) is 2.66. The van der Waals surface area contributed by atoms with E-state index in [1.165, 1.54) is 0 Å². The van der Waals surface area contributed by atoms with Crippen LogP contribution >= 0.6 is 0 Å². The van der Waals surface area contributed by atoms with Gasteiger partial charge in [-0.25, -0.2) is 9.97 Å². The number of rotatable bonds is 4. The zero-order valence-corrected chi connectivity index (χ0v) is 17.8. The number of benzene rings is 3. The fraction of sp³-hybridized carbons (Fsp3) is 0.0370. The Bertz CT molecular complexity index is 1640. The summed E-state index contributed by atoms with van der Waals surface area (Å²) in [7, 11) is 1.63. The molecule has 160 valence electrons. The summed E-state index contributed by atoms with van der Waals surface area (Å²) in [4.78, 5) is 9.09. The second-order valence-corrected chi connectivity index (χ2v) is 7.69. The fourth-order valence-corrected chi connectivity index (χ4v) is 4.18. The van der Waals surface area contributed by atoms with Gasteiger partial charge in [-0.15, -0.1) is 0 Å². The Labute approximate surface area is 189 Å². The lowest BCUT2D eigenvalue weighted by atomic mass is 10.1. The molecule has 6 heteroatoms. The van der Waals surface area contributed by atoms with Gasteiger partial charge in [0.1, 0.15) is 28.6 Å². The molecule has 0 aliphatic heterocycles. The van der Waals surface area contributed by atoms with Crippen molar-refractivity contribution in [2.24, 2.45) is 0 Å². The molecule has 0 unspecified atom stereocenters. The second kappa shape index (κ2) is 7.53. The van der Waals surface area contributed by atoms with Crippen molar-refractivity contribution in [3.05, 3.63) is 91.1 Å². The number of hydrogen-bond acceptors (Lipinski definition) is 5. The first-order valence-electron chi connectivity index (χ1n) is 10.5. The lowest BCUT2D eigenvalue weighted by Gasteiger charge is -2.10. The molecule has 6 rings (SSSR count). The van der Waals surface area contributed by atoms with Crippen LogP contribution in [0.15, 0.2) is 91.1 Å². The second-order valence-electron chi connectivity index (χ2n) is 7.69. The van der Waals surface area contributed by atoms with Crippen molar-refractivity contribution in [3.63, 3.8) is 0 Å². The van der Waals surface area contributed by atoms with Crippen LogP contribution < -0.4 is 9.47 Å². The quantitative estimate of drug-likeness (QED) is 0.357. The number of fused-ring (bicyclic) bond motifs is 4. The molecule has 0 saturated carbocycles. The molecule has 0 aliphatic carbocycles. The summed E-state index contributed by atoms with van der Waals surface area (Å²) in [5.41, 5.74) is 2.53. The highest BCUT2D eigenvalue weighted by Crippen LogP contribution is 2.35. The molecule has 6 aromatic rings. The highest BCUT2D eigenvalue weighted by atomic mass is 16.5. The third kappa shape index (κ3) is 3.20. The molecule has 0 fully saturated rings. The van der Waals surface area contributed by atoms with Gasteiger partial charge in [0.15, 0.2) is 0 Å². The van der Waals surface area contributed by atoms with Crippen molar-refractivity contribution in [3.8, 4) is 28.9 Å². The maximum atomic E-state index is 10.1. The first-order chi connectivity index (χ1) is 16.2. The van der Waals surface area contributed by atoms with E-state index in [-0.39, 0.29) is 5.75 Å². The highest BCUT2D eigenvalue weighted by molar-refractivity contribution is 6.09. The van der Waals surface area contributed by atoms with Crippen molar-refractivity contribution in [1.29, 1.82) is 0 Å².